The molecular weight excluding hydrogens is 344 g/mol. The Hall–Kier alpha value is -2.44. The first-order valence-electron chi connectivity index (χ1n) is 9.64. The van der Waals surface area contributed by atoms with E-state index in [4.69, 9.17) is 9.47 Å². The van der Waals surface area contributed by atoms with E-state index in [0.29, 0.717) is 25.5 Å². The Labute approximate surface area is 163 Å². The minimum absolute atomic E-state index is 0.0776. The number of hydrogen-bond acceptors (Lipinski definition) is 4. The molecule has 0 radical (unpaired) electrons. The summed E-state index contributed by atoms with van der Waals surface area (Å²) in [5.41, 5.74) is 0. The predicted molar refractivity (Wildman–Crippen MR) is 110 cm³/mol. The van der Waals surface area contributed by atoms with Gasteiger partial charge in [0.15, 0.2) is 5.96 Å². The van der Waals surface area contributed by atoms with Gasteiger partial charge >= 0.3 is 0 Å². The van der Waals surface area contributed by atoms with Crippen LogP contribution in [0.2, 0.25) is 0 Å². The Morgan fingerprint density at radius 2 is 1.74 bits per heavy atom. The zero-order chi connectivity index (χ0) is 20.1. The summed E-state index contributed by atoms with van der Waals surface area (Å²) in [6.07, 6.45) is 0.371. The van der Waals surface area contributed by atoms with E-state index in [9.17, 15) is 4.79 Å². The fourth-order valence-electron chi connectivity index (χ4n) is 2.51. The molecule has 1 atom stereocenters. The Kier molecular flexibility index (Phi) is 10.7. The van der Waals surface area contributed by atoms with Crippen molar-refractivity contribution >= 4 is 11.9 Å². The van der Waals surface area contributed by atoms with Gasteiger partial charge in [-0.2, -0.15) is 0 Å². The van der Waals surface area contributed by atoms with Gasteiger partial charge in [-0.05, 0) is 52.0 Å². The summed E-state index contributed by atoms with van der Waals surface area (Å²) in [6.45, 7) is 11.3. The molecule has 7 heteroatoms. The third-order valence-electron chi connectivity index (χ3n) is 3.99. The Morgan fingerprint density at radius 1 is 1.11 bits per heavy atom. The van der Waals surface area contributed by atoms with Crippen LogP contribution in [0, 0.1) is 0 Å². The van der Waals surface area contributed by atoms with Crippen LogP contribution >= 0.6 is 0 Å². The number of ether oxygens (including phenoxy) is 2. The van der Waals surface area contributed by atoms with Crippen LogP contribution in [-0.2, 0) is 4.79 Å². The number of aliphatic imine (C=N–C) groups is 1. The molecule has 0 spiro atoms. The summed E-state index contributed by atoms with van der Waals surface area (Å²) in [5.74, 6) is 2.42. The van der Waals surface area contributed by atoms with Crippen LogP contribution in [0.15, 0.2) is 29.3 Å². The van der Waals surface area contributed by atoms with Gasteiger partial charge in [0, 0.05) is 32.6 Å². The number of guanidine groups is 1. The van der Waals surface area contributed by atoms with E-state index in [-0.39, 0.29) is 12.0 Å². The quantitative estimate of drug-likeness (QED) is 0.456. The Bertz CT molecular complexity index is 571. The van der Waals surface area contributed by atoms with Crippen molar-refractivity contribution in [3.8, 4) is 11.5 Å². The van der Waals surface area contributed by atoms with E-state index in [1.54, 1.807) is 7.11 Å². The van der Waals surface area contributed by atoms with Crippen LogP contribution in [0.3, 0.4) is 0 Å². The molecule has 7 nitrogen and oxygen atoms in total. The molecule has 1 rings (SSSR count). The minimum Gasteiger partial charge on any atom is -0.497 e. The third kappa shape index (κ3) is 8.66. The lowest BCUT2D eigenvalue weighted by atomic mass is 10.3. The number of hydrogen-bond donors (Lipinski definition) is 2. The van der Waals surface area contributed by atoms with E-state index in [1.807, 2.05) is 56.9 Å². The molecule has 1 unspecified atom stereocenters. The molecule has 0 fully saturated rings. The van der Waals surface area contributed by atoms with Crippen LogP contribution in [0.5, 0.6) is 11.5 Å². The second-order valence-corrected chi connectivity index (χ2v) is 6.07. The van der Waals surface area contributed by atoms with Crippen molar-refractivity contribution in [2.45, 2.75) is 40.2 Å². The lowest BCUT2D eigenvalue weighted by Crippen LogP contribution is -2.40. The lowest BCUT2D eigenvalue weighted by molar-refractivity contribution is -0.130. The second-order valence-electron chi connectivity index (χ2n) is 6.07. The molecule has 0 aliphatic carbocycles. The van der Waals surface area contributed by atoms with Crippen molar-refractivity contribution in [3.63, 3.8) is 0 Å². The fourth-order valence-corrected chi connectivity index (χ4v) is 2.51. The highest BCUT2D eigenvalue weighted by atomic mass is 16.5. The summed E-state index contributed by atoms with van der Waals surface area (Å²) in [4.78, 5) is 18.4. The van der Waals surface area contributed by atoms with Crippen LogP contribution in [0.4, 0.5) is 0 Å². The highest BCUT2D eigenvalue weighted by Crippen LogP contribution is 2.18. The zero-order valence-corrected chi connectivity index (χ0v) is 17.2. The predicted octanol–water partition coefficient (Wildman–Crippen LogP) is 2.28. The number of carbonyl (C=O) groups is 1. The van der Waals surface area contributed by atoms with E-state index in [1.165, 1.54) is 0 Å². The second kappa shape index (κ2) is 12.8. The molecule has 27 heavy (non-hydrogen) atoms. The molecule has 1 amide bonds. The van der Waals surface area contributed by atoms with Gasteiger partial charge in [0.1, 0.15) is 17.6 Å². The first-order chi connectivity index (χ1) is 13.0. The molecule has 0 aromatic heterocycles. The highest BCUT2D eigenvalue weighted by Gasteiger charge is 2.09. The summed E-state index contributed by atoms with van der Waals surface area (Å²) < 4.78 is 11.0. The average molecular weight is 379 g/mol. The number of methoxy groups -OCH3 is 1. The number of rotatable bonds is 11. The van der Waals surface area contributed by atoms with Crippen molar-refractivity contribution in [3.05, 3.63) is 24.3 Å². The standard InChI is InChI=1S/C20H34N4O3/c1-6-21-20(22-14-13-19(25)24(7-2)8-3)23-15-16(4)27-18-11-9-17(26-5)10-12-18/h9-12,16H,6-8,13-15H2,1-5H3,(H2,21,22,23). The molecule has 0 aliphatic heterocycles. The summed E-state index contributed by atoms with van der Waals surface area (Å²) >= 11 is 0. The summed E-state index contributed by atoms with van der Waals surface area (Å²) in [7, 11) is 1.64. The van der Waals surface area contributed by atoms with Gasteiger partial charge in [-0.25, -0.2) is 4.99 Å². The molecule has 0 saturated heterocycles. The van der Waals surface area contributed by atoms with Gasteiger partial charge < -0.3 is 25.0 Å². The van der Waals surface area contributed by atoms with Gasteiger partial charge in [-0.1, -0.05) is 0 Å². The van der Waals surface area contributed by atoms with Gasteiger partial charge in [-0.3, -0.25) is 4.79 Å². The monoisotopic (exact) mass is 378 g/mol. The molecule has 1 aromatic carbocycles. The largest absolute Gasteiger partial charge is 0.497 e. The molecule has 0 aliphatic rings. The van der Waals surface area contributed by atoms with E-state index >= 15 is 0 Å². The van der Waals surface area contributed by atoms with Gasteiger partial charge in [0.25, 0.3) is 0 Å². The van der Waals surface area contributed by atoms with Gasteiger partial charge in [-0.15, -0.1) is 0 Å². The molecule has 152 valence electrons. The number of nitrogens with zero attached hydrogens (tertiary/aromatic N) is 2. The van der Waals surface area contributed by atoms with E-state index in [0.717, 1.165) is 31.1 Å². The normalized spacial score (nSPS) is 12.3. The van der Waals surface area contributed by atoms with Crippen LogP contribution in [-0.4, -0.2) is 62.7 Å². The third-order valence-corrected chi connectivity index (χ3v) is 3.99. The number of nitrogens with one attached hydrogen (secondary N) is 2. The van der Waals surface area contributed by atoms with Gasteiger partial charge in [0.05, 0.1) is 13.7 Å². The molecule has 1 aromatic rings. The summed E-state index contributed by atoms with van der Waals surface area (Å²) in [6, 6.07) is 7.48. The maximum atomic E-state index is 12.1. The number of amides is 1. The molecule has 0 heterocycles. The molecule has 0 bridgehead atoms. The molecule has 0 saturated carbocycles. The van der Waals surface area contributed by atoms with Crippen molar-refractivity contribution in [1.82, 2.24) is 15.5 Å². The van der Waals surface area contributed by atoms with Crippen molar-refractivity contribution in [2.75, 3.05) is 39.8 Å². The fraction of sp³-hybridized carbons (Fsp3) is 0.600. The molecule has 2 N–H and O–H groups in total. The number of carbonyl (C=O) groups excluding carboxylic acids is 1. The summed E-state index contributed by atoms with van der Waals surface area (Å²) in [5, 5.41) is 6.40. The Morgan fingerprint density at radius 3 is 2.30 bits per heavy atom. The first kappa shape index (κ1) is 22.6. The molecular formula is C20H34N4O3. The van der Waals surface area contributed by atoms with Gasteiger partial charge in [0.2, 0.25) is 5.91 Å². The average Bonchev–Trinajstić information content (AvgIpc) is 2.67. The van der Waals surface area contributed by atoms with Crippen LogP contribution < -0.4 is 20.1 Å². The maximum Gasteiger partial charge on any atom is 0.224 e. The Balaban J connectivity index is 2.47. The minimum atomic E-state index is -0.0776. The SMILES string of the molecule is CCNC(=NCC(C)Oc1ccc(OC)cc1)NCCC(=O)N(CC)CC. The van der Waals surface area contributed by atoms with Crippen molar-refractivity contribution < 1.29 is 14.3 Å². The maximum absolute atomic E-state index is 12.1. The van der Waals surface area contributed by atoms with Crippen molar-refractivity contribution in [1.29, 1.82) is 0 Å². The topological polar surface area (TPSA) is 75.2 Å². The van der Waals surface area contributed by atoms with E-state index < -0.39 is 0 Å². The van der Waals surface area contributed by atoms with E-state index in [2.05, 4.69) is 15.6 Å². The highest BCUT2D eigenvalue weighted by molar-refractivity contribution is 5.81. The van der Waals surface area contributed by atoms with Crippen LogP contribution in [0.25, 0.3) is 0 Å². The first-order valence-corrected chi connectivity index (χ1v) is 9.64. The smallest absolute Gasteiger partial charge is 0.224 e. The number of benzene rings is 1. The lowest BCUT2D eigenvalue weighted by Gasteiger charge is -2.19. The van der Waals surface area contributed by atoms with Crippen LogP contribution in [0.1, 0.15) is 34.1 Å². The zero-order valence-electron chi connectivity index (χ0n) is 17.2. The van der Waals surface area contributed by atoms with Crippen molar-refractivity contribution in [2.24, 2.45) is 4.99 Å².